The Morgan fingerprint density at radius 2 is 2.08 bits per heavy atom. The SMILES string of the molecule is CC1CCCN(c2ccnc(Nc3ccc(Cl)c(C(F)(F)F)c3)n2)C1. The third-order valence-electron chi connectivity index (χ3n) is 4.15. The second-order valence-electron chi connectivity index (χ2n) is 6.25. The molecule has 1 aliphatic rings. The van der Waals surface area contributed by atoms with Gasteiger partial charge in [-0.15, -0.1) is 0 Å². The molecule has 3 rings (SSSR count). The first kappa shape index (κ1) is 17.8. The first-order chi connectivity index (χ1) is 11.8. The minimum Gasteiger partial charge on any atom is -0.356 e. The van der Waals surface area contributed by atoms with Crippen molar-refractivity contribution in [2.24, 2.45) is 5.92 Å². The molecule has 2 heterocycles. The number of hydrogen-bond acceptors (Lipinski definition) is 4. The first-order valence-electron chi connectivity index (χ1n) is 8.04. The van der Waals surface area contributed by atoms with Gasteiger partial charge in [-0.3, -0.25) is 0 Å². The molecule has 1 fully saturated rings. The lowest BCUT2D eigenvalue weighted by Crippen LogP contribution is -2.34. The van der Waals surface area contributed by atoms with Crippen molar-refractivity contribution in [3.8, 4) is 0 Å². The largest absolute Gasteiger partial charge is 0.417 e. The van der Waals surface area contributed by atoms with Crippen LogP contribution in [-0.2, 0) is 6.18 Å². The predicted octanol–water partition coefficient (Wildman–Crippen LogP) is 5.13. The van der Waals surface area contributed by atoms with E-state index in [0.717, 1.165) is 31.4 Å². The molecule has 1 aliphatic heterocycles. The van der Waals surface area contributed by atoms with E-state index in [9.17, 15) is 13.2 Å². The highest BCUT2D eigenvalue weighted by molar-refractivity contribution is 6.31. The van der Waals surface area contributed by atoms with Crippen LogP contribution >= 0.6 is 11.6 Å². The minimum absolute atomic E-state index is 0.237. The van der Waals surface area contributed by atoms with Crippen molar-refractivity contribution in [2.45, 2.75) is 25.9 Å². The Labute approximate surface area is 149 Å². The molecule has 0 saturated carbocycles. The summed E-state index contributed by atoms with van der Waals surface area (Å²) in [5, 5.41) is 2.49. The second kappa shape index (κ2) is 7.07. The van der Waals surface area contributed by atoms with Gasteiger partial charge in [0.1, 0.15) is 5.82 Å². The Morgan fingerprint density at radius 3 is 2.80 bits per heavy atom. The fourth-order valence-electron chi connectivity index (χ4n) is 2.93. The van der Waals surface area contributed by atoms with E-state index in [1.807, 2.05) is 6.07 Å². The number of halogens is 4. The highest BCUT2D eigenvalue weighted by atomic mass is 35.5. The number of aromatic nitrogens is 2. The summed E-state index contributed by atoms with van der Waals surface area (Å²) >= 11 is 5.64. The molecule has 1 aromatic heterocycles. The highest BCUT2D eigenvalue weighted by Gasteiger charge is 2.33. The van der Waals surface area contributed by atoms with E-state index >= 15 is 0 Å². The van der Waals surface area contributed by atoms with Gasteiger partial charge in [0.2, 0.25) is 5.95 Å². The maximum absolute atomic E-state index is 13.0. The molecule has 2 aromatic rings. The Hall–Kier alpha value is -2.02. The van der Waals surface area contributed by atoms with Crippen molar-refractivity contribution in [1.82, 2.24) is 9.97 Å². The minimum atomic E-state index is -4.51. The smallest absolute Gasteiger partial charge is 0.356 e. The Kier molecular flexibility index (Phi) is 5.03. The summed E-state index contributed by atoms with van der Waals surface area (Å²) in [5.74, 6) is 1.62. The van der Waals surface area contributed by atoms with Crippen LogP contribution in [0.5, 0.6) is 0 Å². The summed E-state index contributed by atoms with van der Waals surface area (Å²) in [6.45, 7) is 4.02. The molecular formula is C17H18ClF3N4. The van der Waals surface area contributed by atoms with Gasteiger partial charge in [0.05, 0.1) is 10.6 Å². The van der Waals surface area contributed by atoms with Crippen LogP contribution in [0.2, 0.25) is 5.02 Å². The zero-order valence-electron chi connectivity index (χ0n) is 13.6. The van der Waals surface area contributed by atoms with Crippen LogP contribution in [-0.4, -0.2) is 23.1 Å². The molecule has 0 amide bonds. The van der Waals surface area contributed by atoms with Gasteiger partial charge in [0.15, 0.2) is 0 Å². The Bertz CT molecular complexity index is 751. The van der Waals surface area contributed by atoms with E-state index in [1.165, 1.54) is 18.6 Å². The molecule has 1 unspecified atom stereocenters. The summed E-state index contributed by atoms with van der Waals surface area (Å²) < 4.78 is 38.9. The molecule has 134 valence electrons. The standard InChI is InChI=1S/C17H18ClF3N4/c1-11-3-2-8-25(10-11)15-6-7-22-16(24-15)23-12-4-5-14(18)13(9-12)17(19,20)21/h4-7,9,11H,2-3,8,10H2,1H3,(H,22,23,24). The lowest BCUT2D eigenvalue weighted by Gasteiger charge is -2.31. The summed E-state index contributed by atoms with van der Waals surface area (Å²) in [6, 6.07) is 5.45. The zero-order valence-corrected chi connectivity index (χ0v) is 14.4. The van der Waals surface area contributed by atoms with Crippen LogP contribution in [0, 0.1) is 5.92 Å². The number of nitrogens with one attached hydrogen (secondary N) is 1. The van der Waals surface area contributed by atoms with Gasteiger partial charge in [0.25, 0.3) is 0 Å². The van der Waals surface area contributed by atoms with Gasteiger partial charge in [0, 0.05) is 25.0 Å². The quantitative estimate of drug-likeness (QED) is 0.813. The van der Waals surface area contributed by atoms with Crippen molar-refractivity contribution >= 4 is 29.1 Å². The van der Waals surface area contributed by atoms with Gasteiger partial charge in [-0.2, -0.15) is 18.2 Å². The predicted molar refractivity (Wildman–Crippen MR) is 92.4 cm³/mol. The van der Waals surface area contributed by atoms with Crippen molar-refractivity contribution in [3.05, 3.63) is 41.0 Å². The van der Waals surface area contributed by atoms with Crippen LogP contribution in [0.4, 0.5) is 30.6 Å². The summed E-state index contributed by atoms with van der Waals surface area (Å²) in [4.78, 5) is 10.7. The van der Waals surface area contributed by atoms with Crippen LogP contribution in [0.15, 0.2) is 30.5 Å². The number of hydrogen-bond donors (Lipinski definition) is 1. The topological polar surface area (TPSA) is 41.1 Å². The number of benzene rings is 1. The second-order valence-corrected chi connectivity index (χ2v) is 6.66. The average Bonchev–Trinajstić information content (AvgIpc) is 2.56. The average molecular weight is 371 g/mol. The Balaban J connectivity index is 1.81. The van der Waals surface area contributed by atoms with Gasteiger partial charge in [-0.25, -0.2) is 4.98 Å². The van der Waals surface area contributed by atoms with E-state index in [2.05, 4.69) is 27.1 Å². The number of rotatable bonds is 3. The summed E-state index contributed by atoms with van der Waals surface area (Å²) in [6.07, 6.45) is -0.621. The van der Waals surface area contributed by atoms with Crippen molar-refractivity contribution < 1.29 is 13.2 Å². The van der Waals surface area contributed by atoms with Gasteiger partial charge in [-0.1, -0.05) is 18.5 Å². The molecular weight excluding hydrogens is 353 g/mol. The molecule has 0 bridgehead atoms. The zero-order chi connectivity index (χ0) is 18.0. The molecule has 1 aromatic carbocycles. The van der Waals surface area contributed by atoms with E-state index in [0.29, 0.717) is 5.92 Å². The number of nitrogens with zero attached hydrogens (tertiary/aromatic N) is 3. The van der Waals surface area contributed by atoms with Crippen LogP contribution in [0.25, 0.3) is 0 Å². The van der Waals surface area contributed by atoms with Crippen molar-refractivity contribution in [3.63, 3.8) is 0 Å². The van der Waals surface area contributed by atoms with E-state index in [4.69, 9.17) is 11.6 Å². The molecule has 0 radical (unpaired) electrons. The third-order valence-corrected chi connectivity index (χ3v) is 4.48. The third kappa shape index (κ3) is 4.34. The molecule has 1 atom stereocenters. The molecule has 0 aliphatic carbocycles. The molecule has 1 N–H and O–H groups in total. The lowest BCUT2D eigenvalue weighted by atomic mass is 10.0. The molecule has 8 heteroatoms. The molecule has 4 nitrogen and oxygen atoms in total. The van der Waals surface area contributed by atoms with Crippen LogP contribution < -0.4 is 10.2 Å². The summed E-state index contributed by atoms with van der Waals surface area (Å²) in [7, 11) is 0. The number of alkyl halides is 3. The highest BCUT2D eigenvalue weighted by Crippen LogP contribution is 2.36. The number of piperidine rings is 1. The fraction of sp³-hybridized carbons (Fsp3) is 0.412. The normalized spacial score (nSPS) is 18.3. The lowest BCUT2D eigenvalue weighted by molar-refractivity contribution is -0.137. The van der Waals surface area contributed by atoms with Gasteiger partial charge >= 0.3 is 6.18 Å². The molecule has 1 saturated heterocycles. The molecule has 25 heavy (non-hydrogen) atoms. The fourth-order valence-corrected chi connectivity index (χ4v) is 3.16. The van der Waals surface area contributed by atoms with E-state index in [-0.39, 0.29) is 16.7 Å². The van der Waals surface area contributed by atoms with Gasteiger partial charge < -0.3 is 10.2 Å². The van der Waals surface area contributed by atoms with Crippen molar-refractivity contribution in [2.75, 3.05) is 23.3 Å². The van der Waals surface area contributed by atoms with Gasteiger partial charge in [-0.05, 0) is 43.0 Å². The maximum atomic E-state index is 13.0. The van der Waals surface area contributed by atoms with Crippen LogP contribution in [0.3, 0.4) is 0 Å². The van der Waals surface area contributed by atoms with Crippen molar-refractivity contribution in [1.29, 1.82) is 0 Å². The number of anilines is 3. The molecule has 0 spiro atoms. The Morgan fingerprint density at radius 1 is 1.28 bits per heavy atom. The maximum Gasteiger partial charge on any atom is 0.417 e. The summed E-state index contributed by atoms with van der Waals surface area (Å²) in [5.41, 5.74) is -0.652. The van der Waals surface area contributed by atoms with E-state index in [1.54, 1.807) is 6.20 Å². The van der Waals surface area contributed by atoms with E-state index < -0.39 is 11.7 Å². The van der Waals surface area contributed by atoms with Crippen LogP contribution in [0.1, 0.15) is 25.3 Å². The monoisotopic (exact) mass is 370 g/mol. The first-order valence-corrected chi connectivity index (χ1v) is 8.42.